The van der Waals surface area contributed by atoms with Crippen molar-refractivity contribution in [2.75, 3.05) is 6.61 Å². The predicted molar refractivity (Wildman–Crippen MR) is 73.3 cm³/mol. The Morgan fingerprint density at radius 3 is 2.65 bits per heavy atom. The van der Waals surface area contributed by atoms with E-state index in [9.17, 15) is 0 Å². The highest BCUT2D eigenvalue weighted by molar-refractivity contribution is 7.99. The first-order valence-electron chi connectivity index (χ1n) is 6.38. The Kier molecular flexibility index (Phi) is 4.89. The number of benzene rings is 1. The molecule has 94 valence electrons. The molecule has 0 spiro atoms. The van der Waals surface area contributed by atoms with Crippen molar-refractivity contribution in [2.24, 2.45) is 0 Å². The average molecular weight is 251 g/mol. The van der Waals surface area contributed by atoms with Crippen LogP contribution in [-0.4, -0.2) is 23.0 Å². The maximum Gasteiger partial charge on any atom is 0.0441 e. The maximum absolute atomic E-state index is 8.87. The van der Waals surface area contributed by atoms with Crippen LogP contribution in [0.1, 0.15) is 31.7 Å². The van der Waals surface area contributed by atoms with E-state index in [0.29, 0.717) is 5.25 Å². The summed E-state index contributed by atoms with van der Waals surface area (Å²) in [7, 11) is 0. The molecule has 2 nitrogen and oxygen atoms in total. The second-order valence-corrected chi connectivity index (χ2v) is 6.25. The van der Waals surface area contributed by atoms with Gasteiger partial charge in [-0.2, -0.15) is 0 Å². The van der Waals surface area contributed by atoms with Crippen LogP contribution in [0.2, 0.25) is 0 Å². The topological polar surface area (TPSA) is 32.3 Å². The monoisotopic (exact) mass is 251 g/mol. The summed E-state index contributed by atoms with van der Waals surface area (Å²) in [6.07, 6.45) is 3.54. The summed E-state index contributed by atoms with van der Waals surface area (Å²) >= 11 is 1.83. The van der Waals surface area contributed by atoms with Gasteiger partial charge in [0.15, 0.2) is 0 Å². The minimum Gasteiger partial charge on any atom is -0.396 e. The average Bonchev–Trinajstić information content (AvgIpc) is 3.12. The first-order chi connectivity index (χ1) is 8.28. The van der Waals surface area contributed by atoms with Crippen LogP contribution in [0.25, 0.3) is 0 Å². The molecule has 0 heterocycles. The first kappa shape index (κ1) is 12.9. The molecule has 1 aromatic carbocycles. The van der Waals surface area contributed by atoms with E-state index in [1.165, 1.54) is 23.3 Å². The van der Waals surface area contributed by atoms with E-state index in [-0.39, 0.29) is 6.61 Å². The van der Waals surface area contributed by atoms with Gasteiger partial charge < -0.3 is 10.4 Å². The summed E-state index contributed by atoms with van der Waals surface area (Å²) < 4.78 is 0. The standard InChI is InChI=1S/C14H21NOS/c1-11(8-9-16)17-14-6-2-12(3-7-14)10-15-13-4-5-13/h2-3,6-7,11,13,15-16H,4-5,8-10H2,1H3. The highest BCUT2D eigenvalue weighted by atomic mass is 32.2. The van der Waals surface area contributed by atoms with E-state index < -0.39 is 0 Å². The molecule has 2 N–H and O–H groups in total. The summed E-state index contributed by atoms with van der Waals surface area (Å²) in [5.41, 5.74) is 1.36. The van der Waals surface area contributed by atoms with Gasteiger partial charge >= 0.3 is 0 Å². The van der Waals surface area contributed by atoms with E-state index in [1.807, 2.05) is 11.8 Å². The highest BCUT2D eigenvalue weighted by Crippen LogP contribution is 2.25. The lowest BCUT2D eigenvalue weighted by molar-refractivity contribution is 0.289. The van der Waals surface area contributed by atoms with Crippen LogP contribution in [0.3, 0.4) is 0 Å². The molecule has 0 saturated heterocycles. The van der Waals surface area contributed by atoms with Gasteiger partial charge in [0.05, 0.1) is 0 Å². The zero-order valence-corrected chi connectivity index (χ0v) is 11.2. The molecule has 1 atom stereocenters. The normalized spacial score (nSPS) is 17.1. The second-order valence-electron chi connectivity index (χ2n) is 4.74. The molecule has 1 aliphatic rings. The fourth-order valence-electron chi connectivity index (χ4n) is 1.71. The van der Waals surface area contributed by atoms with E-state index in [2.05, 4.69) is 36.5 Å². The van der Waals surface area contributed by atoms with Gasteiger partial charge in [0.1, 0.15) is 0 Å². The van der Waals surface area contributed by atoms with Crippen LogP contribution < -0.4 is 5.32 Å². The Labute approximate surface area is 108 Å². The van der Waals surface area contributed by atoms with Crippen LogP contribution in [0.5, 0.6) is 0 Å². The maximum atomic E-state index is 8.87. The van der Waals surface area contributed by atoms with E-state index >= 15 is 0 Å². The fourth-order valence-corrected chi connectivity index (χ4v) is 2.69. The van der Waals surface area contributed by atoms with Crippen molar-refractivity contribution in [1.29, 1.82) is 0 Å². The Balaban J connectivity index is 1.79. The van der Waals surface area contributed by atoms with Gasteiger partial charge in [0, 0.05) is 29.3 Å². The van der Waals surface area contributed by atoms with Crippen molar-refractivity contribution in [3.05, 3.63) is 29.8 Å². The van der Waals surface area contributed by atoms with Gasteiger partial charge in [-0.15, -0.1) is 11.8 Å². The Morgan fingerprint density at radius 2 is 2.06 bits per heavy atom. The molecule has 1 saturated carbocycles. The number of hydrogen-bond acceptors (Lipinski definition) is 3. The molecular formula is C14H21NOS. The summed E-state index contributed by atoms with van der Waals surface area (Å²) in [4.78, 5) is 1.29. The van der Waals surface area contributed by atoms with Crippen molar-refractivity contribution in [2.45, 2.75) is 48.9 Å². The van der Waals surface area contributed by atoms with Gasteiger partial charge in [-0.05, 0) is 37.0 Å². The predicted octanol–water partition coefficient (Wildman–Crippen LogP) is 2.80. The molecule has 0 aliphatic heterocycles. The number of thioether (sulfide) groups is 1. The molecule has 3 heteroatoms. The third-order valence-electron chi connectivity index (χ3n) is 2.97. The van der Waals surface area contributed by atoms with E-state index in [1.54, 1.807) is 0 Å². The van der Waals surface area contributed by atoms with Gasteiger partial charge in [-0.25, -0.2) is 0 Å². The second kappa shape index (κ2) is 6.43. The minimum absolute atomic E-state index is 0.275. The van der Waals surface area contributed by atoms with Crippen molar-refractivity contribution in [3.63, 3.8) is 0 Å². The number of aliphatic hydroxyl groups excluding tert-OH is 1. The fraction of sp³-hybridized carbons (Fsp3) is 0.571. The van der Waals surface area contributed by atoms with Crippen LogP contribution in [-0.2, 0) is 6.54 Å². The van der Waals surface area contributed by atoms with Crippen molar-refractivity contribution < 1.29 is 5.11 Å². The molecule has 2 rings (SSSR count). The van der Waals surface area contributed by atoms with Crippen LogP contribution >= 0.6 is 11.8 Å². The third kappa shape index (κ3) is 4.70. The molecule has 17 heavy (non-hydrogen) atoms. The molecule has 0 amide bonds. The van der Waals surface area contributed by atoms with Gasteiger partial charge in [0.25, 0.3) is 0 Å². The van der Waals surface area contributed by atoms with Crippen LogP contribution in [0.15, 0.2) is 29.2 Å². The summed E-state index contributed by atoms with van der Waals surface area (Å²) in [5.74, 6) is 0. The highest BCUT2D eigenvalue weighted by Gasteiger charge is 2.19. The summed E-state index contributed by atoms with van der Waals surface area (Å²) in [6.45, 7) is 3.42. The number of rotatable bonds is 7. The van der Waals surface area contributed by atoms with E-state index in [0.717, 1.165) is 19.0 Å². The minimum atomic E-state index is 0.275. The number of aliphatic hydroxyl groups is 1. The smallest absolute Gasteiger partial charge is 0.0441 e. The molecule has 0 aromatic heterocycles. The van der Waals surface area contributed by atoms with Gasteiger partial charge in [0.2, 0.25) is 0 Å². The quantitative estimate of drug-likeness (QED) is 0.731. The van der Waals surface area contributed by atoms with Crippen LogP contribution in [0.4, 0.5) is 0 Å². The largest absolute Gasteiger partial charge is 0.396 e. The summed E-state index contributed by atoms with van der Waals surface area (Å²) in [5, 5.41) is 12.9. The van der Waals surface area contributed by atoms with Crippen LogP contribution in [0, 0.1) is 0 Å². The molecule has 1 fully saturated rings. The van der Waals surface area contributed by atoms with Crippen molar-refractivity contribution in [1.82, 2.24) is 5.32 Å². The number of hydrogen-bond donors (Lipinski definition) is 2. The molecule has 0 bridgehead atoms. The SMILES string of the molecule is CC(CCO)Sc1ccc(CNC2CC2)cc1. The Hall–Kier alpha value is -0.510. The lowest BCUT2D eigenvalue weighted by Crippen LogP contribution is -2.15. The van der Waals surface area contributed by atoms with Crippen molar-refractivity contribution in [3.8, 4) is 0 Å². The van der Waals surface area contributed by atoms with Crippen molar-refractivity contribution >= 4 is 11.8 Å². The molecular weight excluding hydrogens is 230 g/mol. The molecule has 1 unspecified atom stereocenters. The molecule has 1 aliphatic carbocycles. The molecule has 1 aromatic rings. The zero-order valence-electron chi connectivity index (χ0n) is 10.4. The van der Waals surface area contributed by atoms with Gasteiger partial charge in [-0.1, -0.05) is 19.1 Å². The lowest BCUT2D eigenvalue weighted by atomic mass is 10.2. The van der Waals surface area contributed by atoms with Gasteiger partial charge in [-0.3, -0.25) is 0 Å². The van der Waals surface area contributed by atoms with E-state index in [4.69, 9.17) is 5.11 Å². The molecule has 0 radical (unpaired) electrons. The Morgan fingerprint density at radius 1 is 1.35 bits per heavy atom. The number of nitrogens with one attached hydrogen (secondary N) is 1. The lowest BCUT2D eigenvalue weighted by Gasteiger charge is -2.10. The third-order valence-corrected chi connectivity index (χ3v) is 4.15. The Bertz CT molecular complexity index is 335. The first-order valence-corrected chi connectivity index (χ1v) is 7.25. The zero-order chi connectivity index (χ0) is 12.1. The summed E-state index contributed by atoms with van der Waals surface area (Å²) in [6, 6.07) is 9.53.